The Morgan fingerprint density at radius 3 is 2.57 bits per heavy atom. The van der Waals surface area contributed by atoms with E-state index in [-0.39, 0.29) is 6.42 Å². The summed E-state index contributed by atoms with van der Waals surface area (Å²) in [7, 11) is 0. The van der Waals surface area contributed by atoms with Crippen LogP contribution in [0.3, 0.4) is 0 Å². The third-order valence-electron chi connectivity index (χ3n) is 3.34. The smallest absolute Gasteiger partial charge is 0.303 e. The fourth-order valence-electron chi connectivity index (χ4n) is 2.13. The molecule has 2 aromatic rings. The van der Waals surface area contributed by atoms with Crippen molar-refractivity contribution in [3.05, 3.63) is 45.9 Å². The summed E-state index contributed by atoms with van der Waals surface area (Å²) in [5, 5.41) is 9.87. The quantitative estimate of drug-likeness (QED) is 0.848. The fourth-order valence-corrected chi connectivity index (χ4v) is 3.08. The van der Waals surface area contributed by atoms with E-state index in [2.05, 4.69) is 16.8 Å². The zero-order valence-corrected chi connectivity index (χ0v) is 13.2. The van der Waals surface area contributed by atoms with Gasteiger partial charge in [0.2, 0.25) is 0 Å². The van der Waals surface area contributed by atoms with Crippen molar-refractivity contribution in [1.82, 2.24) is 4.98 Å². The van der Waals surface area contributed by atoms with Crippen molar-refractivity contribution in [3.63, 3.8) is 0 Å². The summed E-state index contributed by atoms with van der Waals surface area (Å²) < 4.78 is 0. The van der Waals surface area contributed by atoms with Gasteiger partial charge in [-0.05, 0) is 32.4 Å². The lowest BCUT2D eigenvalue weighted by Gasteiger charge is -2.23. The average molecular weight is 304 g/mol. The van der Waals surface area contributed by atoms with Crippen molar-refractivity contribution in [3.8, 4) is 0 Å². The Balaban J connectivity index is 2.09. The van der Waals surface area contributed by atoms with Gasteiger partial charge in [0.1, 0.15) is 5.01 Å². The number of para-hydroxylation sites is 1. The maximum Gasteiger partial charge on any atom is 0.303 e. The molecule has 0 bridgehead atoms. The molecule has 5 heteroatoms. The average Bonchev–Trinajstić information content (AvgIpc) is 2.77. The van der Waals surface area contributed by atoms with Crippen LogP contribution in [0.4, 0.5) is 5.69 Å². The van der Waals surface area contributed by atoms with Gasteiger partial charge in [0.15, 0.2) is 0 Å². The Bertz CT molecular complexity index is 576. The molecule has 21 heavy (non-hydrogen) atoms. The molecule has 0 atom stereocenters. The second-order valence-corrected chi connectivity index (χ2v) is 6.29. The molecule has 1 aromatic heterocycles. The highest BCUT2D eigenvalue weighted by Crippen LogP contribution is 2.22. The van der Waals surface area contributed by atoms with Crippen LogP contribution in [-0.4, -0.2) is 22.6 Å². The lowest BCUT2D eigenvalue weighted by molar-refractivity contribution is -0.137. The fraction of sp³-hybridized carbons (Fsp3) is 0.375. The van der Waals surface area contributed by atoms with Crippen molar-refractivity contribution in [1.29, 1.82) is 0 Å². The molecule has 1 heterocycles. The van der Waals surface area contributed by atoms with Crippen molar-refractivity contribution >= 4 is 23.0 Å². The van der Waals surface area contributed by atoms with Gasteiger partial charge in [-0.25, -0.2) is 4.98 Å². The molecule has 112 valence electrons. The number of rotatable bonds is 7. The van der Waals surface area contributed by atoms with E-state index < -0.39 is 5.97 Å². The van der Waals surface area contributed by atoms with Gasteiger partial charge in [-0.1, -0.05) is 18.2 Å². The molecule has 0 aliphatic heterocycles. The number of hydrogen-bond donors (Lipinski definition) is 1. The summed E-state index contributed by atoms with van der Waals surface area (Å²) in [4.78, 5) is 18.7. The van der Waals surface area contributed by atoms with Crippen molar-refractivity contribution in [2.45, 2.75) is 33.2 Å². The number of aliphatic carboxylic acids is 1. The minimum atomic E-state index is -0.746. The van der Waals surface area contributed by atoms with Crippen molar-refractivity contribution in [2.24, 2.45) is 0 Å². The first-order valence-corrected chi connectivity index (χ1v) is 7.82. The van der Waals surface area contributed by atoms with E-state index in [1.54, 1.807) is 11.3 Å². The highest BCUT2D eigenvalue weighted by atomic mass is 32.1. The molecule has 0 saturated heterocycles. The van der Waals surface area contributed by atoms with Gasteiger partial charge in [0.25, 0.3) is 0 Å². The highest BCUT2D eigenvalue weighted by Gasteiger charge is 2.11. The standard InChI is InChI=1S/C16H20N2O2S/c1-12-13(2)21-15(17-12)11-18(10-6-9-16(19)20)14-7-4-3-5-8-14/h3-5,7-8H,6,9-11H2,1-2H3,(H,19,20). The van der Waals surface area contributed by atoms with E-state index in [0.717, 1.165) is 22.9 Å². The molecule has 0 radical (unpaired) electrons. The van der Waals surface area contributed by atoms with Gasteiger partial charge < -0.3 is 10.0 Å². The van der Waals surface area contributed by atoms with E-state index in [4.69, 9.17) is 5.11 Å². The Labute approximate surface area is 129 Å². The number of carboxylic acids is 1. The van der Waals surface area contributed by atoms with Gasteiger partial charge in [0, 0.05) is 23.5 Å². The molecule has 0 aliphatic rings. The normalized spacial score (nSPS) is 10.6. The first-order chi connectivity index (χ1) is 10.1. The third kappa shape index (κ3) is 4.56. The van der Waals surface area contributed by atoms with Crippen LogP contribution in [0.1, 0.15) is 28.4 Å². The monoisotopic (exact) mass is 304 g/mol. The van der Waals surface area contributed by atoms with E-state index in [1.807, 2.05) is 37.3 Å². The van der Waals surface area contributed by atoms with E-state index in [1.165, 1.54) is 4.88 Å². The molecule has 0 unspecified atom stereocenters. The maximum atomic E-state index is 10.7. The minimum absolute atomic E-state index is 0.194. The van der Waals surface area contributed by atoms with Crippen molar-refractivity contribution in [2.75, 3.05) is 11.4 Å². The predicted octanol–water partition coefficient (Wildman–Crippen LogP) is 3.63. The summed E-state index contributed by atoms with van der Waals surface area (Å²) >= 11 is 1.71. The third-order valence-corrected chi connectivity index (χ3v) is 4.40. The van der Waals surface area contributed by atoms with E-state index in [9.17, 15) is 4.79 Å². The molecular formula is C16H20N2O2S. The van der Waals surface area contributed by atoms with Gasteiger partial charge in [-0.15, -0.1) is 11.3 Å². The Kier molecular flexibility index (Phi) is 5.33. The molecule has 0 amide bonds. The summed E-state index contributed by atoms with van der Waals surface area (Å²) in [6.07, 6.45) is 0.826. The zero-order chi connectivity index (χ0) is 15.2. The molecular weight excluding hydrogens is 284 g/mol. The topological polar surface area (TPSA) is 53.4 Å². The van der Waals surface area contributed by atoms with Crippen LogP contribution >= 0.6 is 11.3 Å². The summed E-state index contributed by atoms with van der Waals surface area (Å²) in [6.45, 7) is 5.54. The highest BCUT2D eigenvalue weighted by molar-refractivity contribution is 7.11. The van der Waals surface area contributed by atoms with Gasteiger partial charge in [-0.3, -0.25) is 4.79 Å². The van der Waals surface area contributed by atoms with Crippen LogP contribution < -0.4 is 4.90 Å². The van der Waals surface area contributed by atoms with E-state index >= 15 is 0 Å². The largest absolute Gasteiger partial charge is 0.481 e. The number of anilines is 1. The molecule has 0 aliphatic carbocycles. The maximum absolute atomic E-state index is 10.7. The summed E-state index contributed by atoms with van der Waals surface area (Å²) in [5.74, 6) is -0.746. The molecule has 0 saturated carbocycles. The van der Waals surface area contributed by atoms with Crippen LogP contribution in [0.2, 0.25) is 0 Å². The molecule has 2 rings (SSSR count). The van der Waals surface area contributed by atoms with Crippen LogP contribution in [0.5, 0.6) is 0 Å². The van der Waals surface area contributed by atoms with Crippen LogP contribution in [-0.2, 0) is 11.3 Å². The Morgan fingerprint density at radius 1 is 1.29 bits per heavy atom. The number of aryl methyl sites for hydroxylation is 2. The molecule has 0 spiro atoms. The summed E-state index contributed by atoms with van der Waals surface area (Å²) in [5.41, 5.74) is 2.18. The number of thiazole rings is 1. The lowest BCUT2D eigenvalue weighted by atomic mass is 10.2. The number of benzene rings is 1. The van der Waals surface area contributed by atoms with Crippen molar-refractivity contribution < 1.29 is 9.90 Å². The number of carbonyl (C=O) groups is 1. The SMILES string of the molecule is Cc1nc(CN(CCCC(=O)O)c2ccccc2)sc1C. The van der Waals surface area contributed by atoms with Crippen LogP contribution in [0.25, 0.3) is 0 Å². The molecule has 1 aromatic carbocycles. The molecule has 4 nitrogen and oxygen atoms in total. The Morgan fingerprint density at radius 2 is 2.00 bits per heavy atom. The molecule has 1 N–H and O–H groups in total. The predicted molar refractivity (Wildman–Crippen MR) is 85.9 cm³/mol. The summed E-state index contributed by atoms with van der Waals surface area (Å²) in [6, 6.07) is 10.1. The first-order valence-electron chi connectivity index (χ1n) is 7.01. The second-order valence-electron chi connectivity index (χ2n) is 5.00. The molecule has 0 fully saturated rings. The van der Waals surface area contributed by atoms with Gasteiger partial charge >= 0.3 is 5.97 Å². The van der Waals surface area contributed by atoms with E-state index in [0.29, 0.717) is 13.0 Å². The van der Waals surface area contributed by atoms with Crippen LogP contribution in [0.15, 0.2) is 30.3 Å². The minimum Gasteiger partial charge on any atom is -0.481 e. The first kappa shape index (κ1) is 15.5. The number of aromatic nitrogens is 1. The second kappa shape index (κ2) is 7.22. The number of hydrogen-bond acceptors (Lipinski definition) is 4. The van der Waals surface area contributed by atoms with Gasteiger partial charge in [0.05, 0.1) is 12.2 Å². The number of nitrogens with zero attached hydrogens (tertiary/aromatic N) is 2. The lowest BCUT2D eigenvalue weighted by Crippen LogP contribution is -2.24. The number of carboxylic acid groups (broad SMARTS) is 1. The Hall–Kier alpha value is -1.88. The van der Waals surface area contributed by atoms with Crippen LogP contribution in [0, 0.1) is 13.8 Å². The zero-order valence-electron chi connectivity index (χ0n) is 12.4. The van der Waals surface area contributed by atoms with Gasteiger partial charge in [-0.2, -0.15) is 0 Å².